The Morgan fingerprint density at radius 1 is 1.20 bits per heavy atom. The first-order chi connectivity index (χ1) is 9.28. The molecule has 3 atom stereocenters. The molecule has 20 heavy (non-hydrogen) atoms. The summed E-state index contributed by atoms with van der Waals surface area (Å²) >= 11 is 0. The van der Waals surface area contributed by atoms with Gasteiger partial charge in [0.25, 0.3) is 0 Å². The van der Waals surface area contributed by atoms with Gasteiger partial charge in [-0.2, -0.15) is 0 Å². The van der Waals surface area contributed by atoms with E-state index >= 15 is 0 Å². The number of methoxy groups -OCH3 is 2. The van der Waals surface area contributed by atoms with E-state index in [1.807, 2.05) is 0 Å². The van der Waals surface area contributed by atoms with Crippen molar-refractivity contribution in [3.05, 3.63) is 10.1 Å². The Bertz CT molecular complexity index is 457. The summed E-state index contributed by atoms with van der Waals surface area (Å²) in [6.45, 7) is 3.58. The van der Waals surface area contributed by atoms with Gasteiger partial charge in [-0.1, -0.05) is 13.8 Å². The van der Waals surface area contributed by atoms with Crippen LogP contribution in [0, 0.1) is 33.3 Å². The lowest BCUT2D eigenvalue weighted by Gasteiger charge is -2.34. The summed E-state index contributed by atoms with van der Waals surface area (Å²) in [5.74, 6) is -2.61. The van der Waals surface area contributed by atoms with Gasteiger partial charge in [-0.05, 0) is 12.3 Å². The fourth-order valence-corrected chi connectivity index (χ4v) is 4.26. The molecule has 0 amide bonds. The number of rotatable bonds is 4. The summed E-state index contributed by atoms with van der Waals surface area (Å²) in [5.41, 5.74) is -2.73. The van der Waals surface area contributed by atoms with Crippen LogP contribution in [0.1, 0.15) is 26.7 Å². The van der Waals surface area contributed by atoms with Gasteiger partial charge in [0, 0.05) is 17.3 Å². The molecule has 0 bridgehead atoms. The first kappa shape index (κ1) is 14.7. The average molecular weight is 285 g/mol. The van der Waals surface area contributed by atoms with Gasteiger partial charge in [0.1, 0.15) is 0 Å². The quantitative estimate of drug-likeness (QED) is 0.331. The van der Waals surface area contributed by atoms with Crippen molar-refractivity contribution in [1.29, 1.82) is 0 Å². The standard InChI is InChI=1S/C13H19NO6/c1-7(2)9-12(10(15)19-3,11(16)20-4)5-8-6-13(8,9)14(17)18/h7-9H,5-6H2,1-4H3/t8-,9+,13-/m1/s1. The molecule has 2 fully saturated rings. The van der Waals surface area contributed by atoms with Crippen molar-refractivity contribution in [2.45, 2.75) is 32.2 Å². The van der Waals surface area contributed by atoms with Gasteiger partial charge in [0.05, 0.1) is 20.1 Å². The van der Waals surface area contributed by atoms with Crippen LogP contribution in [0.25, 0.3) is 0 Å². The van der Waals surface area contributed by atoms with Gasteiger partial charge < -0.3 is 9.47 Å². The first-order valence-electron chi connectivity index (χ1n) is 6.60. The van der Waals surface area contributed by atoms with Crippen LogP contribution in [0.3, 0.4) is 0 Å². The molecule has 7 heteroatoms. The lowest BCUT2D eigenvalue weighted by atomic mass is 9.68. The smallest absolute Gasteiger partial charge is 0.323 e. The van der Waals surface area contributed by atoms with Gasteiger partial charge in [0.2, 0.25) is 5.54 Å². The number of hydrogen-bond acceptors (Lipinski definition) is 6. The zero-order chi connectivity index (χ0) is 15.3. The van der Waals surface area contributed by atoms with Crippen LogP contribution >= 0.6 is 0 Å². The third-order valence-electron chi connectivity index (χ3n) is 4.86. The van der Waals surface area contributed by atoms with Crippen molar-refractivity contribution >= 4 is 11.9 Å². The Balaban J connectivity index is 2.56. The number of fused-ring (bicyclic) bond motifs is 1. The zero-order valence-electron chi connectivity index (χ0n) is 12.0. The van der Waals surface area contributed by atoms with E-state index in [0.29, 0.717) is 6.42 Å². The van der Waals surface area contributed by atoms with Crippen molar-refractivity contribution in [2.75, 3.05) is 14.2 Å². The van der Waals surface area contributed by atoms with Crippen LogP contribution in [-0.2, 0) is 19.1 Å². The molecule has 0 unspecified atom stereocenters. The monoisotopic (exact) mass is 285 g/mol. The summed E-state index contributed by atoms with van der Waals surface area (Å²) < 4.78 is 9.54. The molecule has 2 rings (SSSR count). The third-order valence-corrected chi connectivity index (χ3v) is 4.86. The Kier molecular flexibility index (Phi) is 3.26. The summed E-state index contributed by atoms with van der Waals surface area (Å²) in [7, 11) is 2.38. The van der Waals surface area contributed by atoms with Crippen LogP contribution in [0.4, 0.5) is 0 Å². The summed E-state index contributed by atoms with van der Waals surface area (Å²) in [6.07, 6.45) is 0.550. The highest BCUT2D eigenvalue weighted by Gasteiger charge is 2.85. The lowest BCUT2D eigenvalue weighted by Crippen LogP contribution is -2.52. The largest absolute Gasteiger partial charge is 0.468 e. The minimum atomic E-state index is -1.55. The molecule has 0 aromatic rings. The van der Waals surface area contributed by atoms with Crippen LogP contribution in [0.5, 0.6) is 0 Å². The number of carbonyl (C=O) groups is 2. The number of hydrogen-bond donors (Lipinski definition) is 0. The predicted octanol–water partition coefficient (Wildman–Crippen LogP) is 1.03. The third kappa shape index (κ3) is 1.52. The van der Waals surface area contributed by atoms with Crippen molar-refractivity contribution in [1.82, 2.24) is 0 Å². The van der Waals surface area contributed by atoms with Crippen molar-refractivity contribution in [3.63, 3.8) is 0 Å². The summed E-state index contributed by atoms with van der Waals surface area (Å²) in [4.78, 5) is 35.6. The molecule has 7 nitrogen and oxygen atoms in total. The van der Waals surface area contributed by atoms with E-state index in [4.69, 9.17) is 9.47 Å². The lowest BCUT2D eigenvalue weighted by molar-refractivity contribution is -0.553. The molecule has 0 spiro atoms. The first-order valence-corrected chi connectivity index (χ1v) is 6.60. The van der Waals surface area contributed by atoms with E-state index in [-0.39, 0.29) is 23.2 Å². The second-order valence-corrected chi connectivity index (χ2v) is 6.03. The highest BCUT2D eigenvalue weighted by Crippen LogP contribution is 2.70. The van der Waals surface area contributed by atoms with Gasteiger partial charge in [-0.15, -0.1) is 0 Å². The van der Waals surface area contributed by atoms with Crippen LogP contribution < -0.4 is 0 Å². The number of nitro groups is 1. The van der Waals surface area contributed by atoms with E-state index in [0.717, 1.165) is 0 Å². The maximum atomic E-state index is 12.2. The fraction of sp³-hybridized carbons (Fsp3) is 0.846. The number of nitrogens with zero attached hydrogens (tertiary/aromatic N) is 1. The second-order valence-electron chi connectivity index (χ2n) is 6.03. The molecule has 2 aliphatic rings. The predicted molar refractivity (Wildman–Crippen MR) is 67.2 cm³/mol. The zero-order valence-corrected chi connectivity index (χ0v) is 12.0. The average Bonchev–Trinajstić information content (AvgIpc) is 3.02. The van der Waals surface area contributed by atoms with E-state index in [1.54, 1.807) is 13.8 Å². The Morgan fingerprint density at radius 2 is 1.70 bits per heavy atom. The van der Waals surface area contributed by atoms with Crippen LogP contribution in [-0.4, -0.2) is 36.6 Å². The fourth-order valence-electron chi connectivity index (χ4n) is 4.26. The Labute approximate surface area is 116 Å². The molecule has 0 aromatic carbocycles. The van der Waals surface area contributed by atoms with E-state index in [1.165, 1.54) is 14.2 Å². The SMILES string of the molecule is COC(=O)C1(C(=O)OC)C[C@@H]2C[C@]2([N+](=O)[O-])[C@H]1C(C)C. The van der Waals surface area contributed by atoms with Crippen LogP contribution in [0.2, 0.25) is 0 Å². The number of carbonyl (C=O) groups excluding carboxylic acids is 2. The second kappa shape index (κ2) is 4.43. The molecule has 0 N–H and O–H groups in total. The highest BCUT2D eigenvalue weighted by atomic mass is 16.6. The van der Waals surface area contributed by atoms with Crippen molar-refractivity contribution in [3.8, 4) is 0 Å². The van der Waals surface area contributed by atoms with E-state index in [2.05, 4.69) is 0 Å². The van der Waals surface area contributed by atoms with Gasteiger partial charge in [0.15, 0.2) is 5.41 Å². The molecule has 2 aliphatic carbocycles. The molecular weight excluding hydrogens is 266 g/mol. The molecule has 0 saturated heterocycles. The summed E-state index contributed by atoms with van der Waals surface area (Å²) in [6, 6.07) is 0. The molecule has 0 radical (unpaired) electrons. The van der Waals surface area contributed by atoms with Crippen molar-refractivity contribution in [2.24, 2.45) is 23.2 Å². The Morgan fingerprint density at radius 3 is 2.05 bits per heavy atom. The normalized spacial score (nSPS) is 33.5. The van der Waals surface area contributed by atoms with E-state index in [9.17, 15) is 19.7 Å². The maximum absolute atomic E-state index is 12.2. The highest BCUT2D eigenvalue weighted by molar-refractivity contribution is 6.01. The van der Waals surface area contributed by atoms with Crippen molar-refractivity contribution < 1.29 is 24.0 Å². The maximum Gasteiger partial charge on any atom is 0.323 e. The minimum Gasteiger partial charge on any atom is -0.468 e. The van der Waals surface area contributed by atoms with Gasteiger partial charge in [-0.25, -0.2) is 0 Å². The van der Waals surface area contributed by atoms with Crippen LogP contribution in [0.15, 0.2) is 0 Å². The summed E-state index contributed by atoms with van der Waals surface area (Å²) in [5, 5.41) is 11.5. The number of ether oxygens (including phenoxy) is 2. The molecule has 0 aromatic heterocycles. The number of esters is 2. The molecule has 0 heterocycles. The Hall–Kier alpha value is -1.66. The molecular formula is C13H19NO6. The minimum absolute atomic E-state index is 0.135. The van der Waals surface area contributed by atoms with E-state index < -0.39 is 28.8 Å². The molecule has 0 aliphatic heterocycles. The van der Waals surface area contributed by atoms with Gasteiger partial charge >= 0.3 is 11.9 Å². The van der Waals surface area contributed by atoms with Gasteiger partial charge in [-0.3, -0.25) is 19.7 Å². The molecule has 2 saturated carbocycles. The molecule has 112 valence electrons. The topological polar surface area (TPSA) is 95.7 Å².